The number of ether oxygens (including phenoxy) is 1. The highest BCUT2D eigenvalue weighted by atomic mass is 35.5. The van der Waals surface area contributed by atoms with E-state index >= 15 is 0 Å². The van der Waals surface area contributed by atoms with Gasteiger partial charge in [-0.25, -0.2) is 0 Å². The number of carbonyl (C=O) groups is 1. The summed E-state index contributed by atoms with van der Waals surface area (Å²) in [7, 11) is 0. The van der Waals surface area contributed by atoms with Crippen molar-refractivity contribution >= 4 is 31.0 Å². The Hall–Kier alpha value is 0.0700. The summed E-state index contributed by atoms with van der Waals surface area (Å²) in [5.74, 6) is -0.00631. The molecular weight excluding hydrogens is 210 g/mol. The molecule has 0 aliphatic carbocycles. The molecule has 80 valence electrons. The molecule has 2 N–H and O–H groups in total. The van der Waals surface area contributed by atoms with Gasteiger partial charge in [0.2, 0.25) is 0 Å². The molecule has 0 heterocycles. The third kappa shape index (κ3) is 8.40. The lowest BCUT2D eigenvalue weighted by Gasteiger charge is -2.07. The van der Waals surface area contributed by atoms with Gasteiger partial charge in [-0.05, 0) is 6.42 Å². The molecule has 3 nitrogen and oxygen atoms in total. The molecule has 0 aromatic rings. The molecule has 1 atom stereocenters. The van der Waals surface area contributed by atoms with Gasteiger partial charge in [-0.15, -0.1) is 12.4 Å². The lowest BCUT2D eigenvalue weighted by Crippen LogP contribution is -2.34. The van der Waals surface area contributed by atoms with Crippen molar-refractivity contribution in [2.45, 2.75) is 32.2 Å². The fourth-order valence-corrected chi connectivity index (χ4v) is 0.855. The van der Waals surface area contributed by atoms with E-state index in [1.807, 2.05) is 0 Å². The molecule has 0 aromatic heterocycles. The van der Waals surface area contributed by atoms with E-state index in [0.717, 1.165) is 19.3 Å². The zero-order valence-electron chi connectivity index (χ0n) is 7.86. The lowest BCUT2D eigenvalue weighted by atomic mass is 10.3. The second-order valence-corrected chi connectivity index (χ2v) is 3.03. The van der Waals surface area contributed by atoms with Crippen LogP contribution in [0.15, 0.2) is 0 Å². The van der Waals surface area contributed by atoms with E-state index in [1.165, 1.54) is 0 Å². The van der Waals surface area contributed by atoms with Crippen molar-refractivity contribution in [3.8, 4) is 0 Å². The van der Waals surface area contributed by atoms with Gasteiger partial charge in [0.1, 0.15) is 6.04 Å². The van der Waals surface area contributed by atoms with Gasteiger partial charge in [-0.1, -0.05) is 19.8 Å². The Labute approximate surface area is 91.2 Å². The SMILES string of the molecule is CCCCCOC(=O)[C@@H](N)CS.Cl. The summed E-state index contributed by atoms with van der Waals surface area (Å²) in [6.45, 7) is 2.58. The monoisotopic (exact) mass is 227 g/mol. The van der Waals surface area contributed by atoms with E-state index in [1.54, 1.807) is 0 Å². The third-order valence-electron chi connectivity index (χ3n) is 1.49. The Balaban J connectivity index is 0. The summed E-state index contributed by atoms with van der Waals surface area (Å²) in [6.07, 6.45) is 3.13. The average Bonchev–Trinajstić information content (AvgIpc) is 2.10. The zero-order chi connectivity index (χ0) is 9.40. The van der Waals surface area contributed by atoms with Crippen molar-refractivity contribution in [2.75, 3.05) is 12.4 Å². The summed E-state index contributed by atoms with van der Waals surface area (Å²) < 4.78 is 4.88. The van der Waals surface area contributed by atoms with Crippen LogP contribution in [0.25, 0.3) is 0 Å². The largest absolute Gasteiger partial charge is 0.465 e. The van der Waals surface area contributed by atoms with Crippen LogP contribution in [-0.4, -0.2) is 24.4 Å². The molecule has 0 fully saturated rings. The van der Waals surface area contributed by atoms with Crippen LogP contribution in [0.4, 0.5) is 0 Å². The Kier molecular flexibility index (Phi) is 12.1. The van der Waals surface area contributed by atoms with E-state index < -0.39 is 6.04 Å². The van der Waals surface area contributed by atoms with Gasteiger partial charge in [0.15, 0.2) is 0 Å². The fraction of sp³-hybridized carbons (Fsp3) is 0.875. The standard InChI is InChI=1S/C8H17NO2S.ClH/c1-2-3-4-5-11-8(10)7(9)6-12;/h7,12H,2-6,9H2,1H3;1H/t7-;/m0./s1. The van der Waals surface area contributed by atoms with Crippen molar-refractivity contribution in [1.29, 1.82) is 0 Å². The molecule has 0 aliphatic heterocycles. The van der Waals surface area contributed by atoms with Crippen LogP contribution in [0.1, 0.15) is 26.2 Å². The van der Waals surface area contributed by atoms with Crippen LogP contribution >= 0.6 is 25.0 Å². The Bertz CT molecular complexity index is 135. The van der Waals surface area contributed by atoms with Gasteiger partial charge in [0.05, 0.1) is 6.61 Å². The maximum atomic E-state index is 10.9. The van der Waals surface area contributed by atoms with Gasteiger partial charge in [0.25, 0.3) is 0 Å². The smallest absolute Gasteiger partial charge is 0.323 e. The number of esters is 1. The van der Waals surface area contributed by atoms with E-state index in [0.29, 0.717) is 12.4 Å². The van der Waals surface area contributed by atoms with Crippen LogP contribution in [0.2, 0.25) is 0 Å². The second-order valence-electron chi connectivity index (χ2n) is 2.66. The van der Waals surface area contributed by atoms with Gasteiger partial charge in [0, 0.05) is 5.75 Å². The van der Waals surface area contributed by atoms with Gasteiger partial charge in [-0.2, -0.15) is 12.6 Å². The number of hydrogen-bond donors (Lipinski definition) is 2. The van der Waals surface area contributed by atoms with E-state index in [2.05, 4.69) is 19.6 Å². The topological polar surface area (TPSA) is 52.3 Å². The molecule has 0 aliphatic rings. The minimum Gasteiger partial charge on any atom is -0.465 e. The Morgan fingerprint density at radius 3 is 2.62 bits per heavy atom. The number of hydrogen-bond acceptors (Lipinski definition) is 4. The highest BCUT2D eigenvalue weighted by Crippen LogP contribution is 1.96. The van der Waals surface area contributed by atoms with Crippen molar-refractivity contribution in [1.82, 2.24) is 0 Å². The molecule has 13 heavy (non-hydrogen) atoms. The van der Waals surface area contributed by atoms with Crippen molar-refractivity contribution < 1.29 is 9.53 Å². The predicted molar refractivity (Wildman–Crippen MR) is 59.6 cm³/mol. The van der Waals surface area contributed by atoms with Crippen LogP contribution in [-0.2, 0) is 9.53 Å². The first-order valence-corrected chi connectivity index (χ1v) is 4.88. The van der Waals surface area contributed by atoms with Crippen molar-refractivity contribution in [3.63, 3.8) is 0 Å². The minimum absolute atomic E-state index is 0. The number of unbranched alkanes of at least 4 members (excludes halogenated alkanes) is 2. The number of nitrogens with two attached hydrogens (primary N) is 1. The Morgan fingerprint density at radius 1 is 1.54 bits per heavy atom. The normalized spacial score (nSPS) is 11.6. The number of rotatable bonds is 6. The highest BCUT2D eigenvalue weighted by molar-refractivity contribution is 7.80. The summed E-state index contributed by atoms with van der Waals surface area (Å²) in [5, 5.41) is 0. The molecule has 0 unspecified atom stereocenters. The molecule has 0 spiro atoms. The second kappa shape index (κ2) is 10.2. The molecule has 0 radical (unpaired) electrons. The third-order valence-corrected chi connectivity index (χ3v) is 1.89. The van der Waals surface area contributed by atoms with Crippen molar-refractivity contribution in [3.05, 3.63) is 0 Å². The molecule has 5 heteroatoms. The molecule has 0 aromatic carbocycles. The Morgan fingerprint density at radius 2 is 2.15 bits per heavy atom. The molecule has 0 rings (SSSR count). The first-order valence-electron chi connectivity index (χ1n) is 4.25. The fourth-order valence-electron chi connectivity index (χ4n) is 0.706. The molecule has 0 saturated carbocycles. The van der Waals surface area contributed by atoms with Crippen LogP contribution in [0.5, 0.6) is 0 Å². The first kappa shape index (κ1) is 15.5. The number of thiol groups is 1. The molecule has 0 saturated heterocycles. The number of carbonyl (C=O) groups excluding carboxylic acids is 1. The highest BCUT2D eigenvalue weighted by Gasteiger charge is 2.11. The van der Waals surface area contributed by atoms with Gasteiger partial charge >= 0.3 is 5.97 Å². The van der Waals surface area contributed by atoms with Gasteiger partial charge in [-0.3, -0.25) is 4.79 Å². The molecule has 0 bridgehead atoms. The summed E-state index contributed by atoms with van der Waals surface area (Å²) >= 11 is 3.89. The molecular formula is C8H18ClNO2S. The maximum Gasteiger partial charge on any atom is 0.323 e. The zero-order valence-corrected chi connectivity index (χ0v) is 9.57. The van der Waals surface area contributed by atoms with E-state index in [9.17, 15) is 4.79 Å². The molecule has 0 amide bonds. The minimum atomic E-state index is -0.574. The van der Waals surface area contributed by atoms with Crippen LogP contribution < -0.4 is 5.73 Å². The number of halogens is 1. The average molecular weight is 228 g/mol. The van der Waals surface area contributed by atoms with E-state index in [4.69, 9.17) is 10.5 Å². The lowest BCUT2D eigenvalue weighted by molar-refractivity contribution is -0.144. The van der Waals surface area contributed by atoms with E-state index in [-0.39, 0.29) is 18.4 Å². The maximum absolute atomic E-state index is 10.9. The quantitative estimate of drug-likeness (QED) is 0.410. The van der Waals surface area contributed by atoms with Crippen molar-refractivity contribution in [2.24, 2.45) is 5.73 Å². The summed E-state index contributed by atoms with van der Waals surface area (Å²) in [6, 6.07) is -0.574. The summed E-state index contributed by atoms with van der Waals surface area (Å²) in [4.78, 5) is 10.9. The van der Waals surface area contributed by atoms with Crippen LogP contribution in [0, 0.1) is 0 Å². The first-order chi connectivity index (χ1) is 5.72. The van der Waals surface area contributed by atoms with Gasteiger partial charge < -0.3 is 10.5 Å². The summed E-state index contributed by atoms with van der Waals surface area (Å²) in [5.41, 5.74) is 5.38. The van der Waals surface area contributed by atoms with Crippen LogP contribution in [0.3, 0.4) is 0 Å². The predicted octanol–water partition coefficient (Wildman–Crippen LogP) is 1.40.